The van der Waals surface area contributed by atoms with Crippen molar-refractivity contribution in [2.24, 2.45) is 0 Å². The molecule has 0 saturated carbocycles. The Morgan fingerprint density at radius 1 is 1.08 bits per heavy atom. The number of benzene rings is 2. The van der Waals surface area contributed by atoms with E-state index in [1.54, 1.807) is 12.1 Å². The number of halogens is 4. The Hall–Kier alpha value is -3.86. The van der Waals surface area contributed by atoms with Gasteiger partial charge in [-0.25, -0.2) is 14.4 Å². The van der Waals surface area contributed by atoms with E-state index in [0.29, 0.717) is 22.3 Å². The predicted octanol–water partition coefficient (Wildman–Crippen LogP) is 5.50. The monoisotopic (exact) mass is 501 g/mol. The van der Waals surface area contributed by atoms with E-state index in [9.17, 15) is 17.6 Å². The van der Waals surface area contributed by atoms with E-state index in [1.807, 2.05) is 27.1 Å². The molecule has 0 fully saturated rings. The molecule has 11 heteroatoms. The molecule has 2 aromatic carbocycles. The van der Waals surface area contributed by atoms with Gasteiger partial charge in [-0.05, 0) is 57.4 Å². The van der Waals surface area contributed by atoms with Crippen LogP contribution >= 0.6 is 0 Å². The quantitative estimate of drug-likeness (QED) is 0.219. The van der Waals surface area contributed by atoms with Gasteiger partial charge in [0.2, 0.25) is 5.95 Å². The third kappa shape index (κ3) is 5.35. The summed E-state index contributed by atoms with van der Waals surface area (Å²) in [5, 5.41) is 3.37. The number of likely N-dealkylation sites (N-methyl/N-ethyl adjacent to an activating group) is 2. The number of anilines is 4. The van der Waals surface area contributed by atoms with Crippen molar-refractivity contribution in [3.8, 4) is 11.3 Å². The normalized spacial score (nSPS) is 11.9. The molecule has 0 atom stereocenters. The van der Waals surface area contributed by atoms with Crippen molar-refractivity contribution in [3.05, 3.63) is 60.2 Å². The van der Waals surface area contributed by atoms with Crippen LogP contribution in [0.15, 0.2) is 48.8 Å². The second kappa shape index (κ2) is 10.0. The first kappa shape index (κ1) is 25.2. The molecule has 2 heterocycles. The molecule has 0 radical (unpaired) electrons. The third-order valence-electron chi connectivity index (χ3n) is 5.82. The predicted molar refractivity (Wildman–Crippen MR) is 135 cm³/mol. The van der Waals surface area contributed by atoms with Crippen LogP contribution in [0.5, 0.6) is 0 Å². The Morgan fingerprint density at radius 3 is 2.53 bits per heavy atom. The number of nitrogens with one attached hydrogen (secondary N) is 2. The average molecular weight is 502 g/mol. The number of hydrogen-bond donors (Lipinski definition) is 3. The summed E-state index contributed by atoms with van der Waals surface area (Å²) in [6.07, 6.45) is -2.56. The van der Waals surface area contributed by atoms with Crippen LogP contribution in [0.4, 0.5) is 40.6 Å². The molecule has 7 nitrogen and oxygen atoms in total. The molecule has 0 aliphatic rings. The first-order valence-corrected chi connectivity index (χ1v) is 11.3. The number of nitrogens with two attached hydrogens (primary N) is 1. The van der Waals surface area contributed by atoms with Crippen molar-refractivity contribution >= 4 is 33.9 Å². The second-order valence-electron chi connectivity index (χ2n) is 8.63. The number of aromatic nitrogens is 3. The number of alkyl halides is 3. The highest BCUT2D eigenvalue weighted by Gasteiger charge is 2.36. The van der Waals surface area contributed by atoms with E-state index < -0.39 is 17.6 Å². The van der Waals surface area contributed by atoms with Crippen LogP contribution in [0.25, 0.3) is 22.2 Å². The standard InChI is InChI=1S/C25H27F4N7/c1-4-36(10-9-35(2)3)22-8-6-16(12-20(22)30)33-24-32-14-19(25(27,28)29)23(34-24)18-13-31-21-11-15(26)5-7-17(18)21/h5-8,11-14,31H,4,9-10,30H2,1-3H3,(H,32,33,34). The maximum absolute atomic E-state index is 13.8. The van der Waals surface area contributed by atoms with Gasteiger partial charge in [-0.15, -0.1) is 0 Å². The van der Waals surface area contributed by atoms with Crippen molar-refractivity contribution in [1.82, 2.24) is 19.9 Å². The summed E-state index contributed by atoms with van der Waals surface area (Å²) in [5.74, 6) is -0.525. The van der Waals surface area contributed by atoms with E-state index in [2.05, 4.69) is 30.1 Å². The summed E-state index contributed by atoms with van der Waals surface area (Å²) >= 11 is 0. The minimum Gasteiger partial charge on any atom is -0.397 e. The van der Waals surface area contributed by atoms with Gasteiger partial charge in [0.1, 0.15) is 11.4 Å². The van der Waals surface area contributed by atoms with Gasteiger partial charge >= 0.3 is 6.18 Å². The second-order valence-corrected chi connectivity index (χ2v) is 8.63. The smallest absolute Gasteiger partial charge is 0.397 e. The lowest BCUT2D eigenvalue weighted by Crippen LogP contribution is -2.32. The van der Waals surface area contributed by atoms with Gasteiger partial charge in [0.25, 0.3) is 0 Å². The topological polar surface area (TPSA) is 86.1 Å². The molecule has 190 valence electrons. The van der Waals surface area contributed by atoms with E-state index in [4.69, 9.17) is 5.73 Å². The van der Waals surface area contributed by atoms with Gasteiger partial charge in [-0.2, -0.15) is 13.2 Å². The number of aromatic amines is 1. The molecule has 0 saturated heterocycles. The van der Waals surface area contributed by atoms with Gasteiger partial charge < -0.3 is 25.8 Å². The highest BCUT2D eigenvalue weighted by Crippen LogP contribution is 2.39. The highest BCUT2D eigenvalue weighted by atomic mass is 19.4. The van der Waals surface area contributed by atoms with Crippen molar-refractivity contribution in [2.75, 3.05) is 49.7 Å². The molecular weight excluding hydrogens is 474 g/mol. The first-order chi connectivity index (χ1) is 17.1. The highest BCUT2D eigenvalue weighted by molar-refractivity contribution is 5.95. The molecule has 2 aromatic heterocycles. The van der Waals surface area contributed by atoms with Crippen LogP contribution in [0, 0.1) is 5.82 Å². The lowest BCUT2D eigenvalue weighted by atomic mass is 10.1. The summed E-state index contributed by atoms with van der Waals surface area (Å²) in [6.45, 7) is 4.46. The minimum atomic E-state index is -4.68. The summed E-state index contributed by atoms with van der Waals surface area (Å²) in [7, 11) is 3.99. The fourth-order valence-electron chi connectivity index (χ4n) is 3.97. The Labute approximate surface area is 206 Å². The lowest BCUT2D eigenvalue weighted by molar-refractivity contribution is -0.137. The molecule has 4 aromatic rings. The van der Waals surface area contributed by atoms with Crippen molar-refractivity contribution < 1.29 is 17.6 Å². The van der Waals surface area contributed by atoms with E-state index in [-0.39, 0.29) is 17.2 Å². The van der Waals surface area contributed by atoms with E-state index >= 15 is 0 Å². The van der Waals surface area contributed by atoms with Gasteiger partial charge in [0.15, 0.2) is 0 Å². The SMILES string of the molecule is CCN(CCN(C)C)c1ccc(Nc2ncc(C(F)(F)F)c(-c3c[nH]c4cc(F)ccc34)n2)cc1N. The van der Waals surface area contributed by atoms with Crippen molar-refractivity contribution in [1.29, 1.82) is 0 Å². The van der Waals surface area contributed by atoms with Gasteiger partial charge in [0.05, 0.1) is 17.1 Å². The Bertz CT molecular complexity index is 1360. The first-order valence-electron chi connectivity index (χ1n) is 11.3. The van der Waals surface area contributed by atoms with E-state index in [1.165, 1.54) is 24.4 Å². The molecule has 36 heavy (non-hydrogen) atoms. The maximum atomic E-state index is 13.8. The number of hydrogen-bond acceptors (Lipinski definition) is 6. The lowest BCUT2D eigenvalue weighted by Gasteiger charge is -2.26. The summed E-state index contributed by atoms with van der Waals surface area (Å²) in [4.78, 5) is 15.1. The van der Waals surface area contributed by atoms with Gasteiger partial charge in [-0.3, -0.25) is 0 Å². The zero-order chi connectivity index (χ0) is 26.0. The molecule has 0 bridgehead atoms. The molecular formula is C25H27F4N7. The number of nitrogen functional groups attached to an aromatic ring is 1. The van der Waals surface area contributed by atoms with Crippen LogP contribution in [-0.2, 0) is 6.18 Å². The zero-order valence-electron chi connectivity index (χ0n) is 20.1. The van der Waals surface area contributed by atoms with Crippen LogP contribution in [-0.4, -0.2) is 53.6 Å². The number of rotatable bonds is 8. The fraction of sp³-hybridized carbons (Fsp3) is 0.280. The molecule has 0 amide bonds. The molecule has 0 aliphatic carbocycles. The number of nitrogens with zero attached hydrogens (tertiary/aromatic N) is 4. The average Bonchev–Trinajstić information content (AvgIpc) is 3.22. The zero-order valence-corrected chi connectivity index (χ0v) is 20.1. The summed E-state index contributed by atoms with van der Waals surface area (Å²) in [5.41, 5.74) is 7.47. The molecule has 0 spiro atoms. The molecule has 0 aliphatic heterocycles. The van der Waals surface area contributed by atoms with Crippen LogP contribution < -0.4 is 16.0 Å². The molecule has 0 unspecified atom stereocenters. The molecule has 4 rings (SSSR count). The number of fused-ring (bicyclic) bond motifs is 1. The largest absolute Gasteiger partial charge is 0.419 e. The van der Waals surface area contributed by atoms with Crippen LogP contribution in [0.2, 0.25) is 0 Å². The van der Waals surface area contributed by atoms with Gasteiger partial charge in [0, 0.05) is 54.2 Å². The fourth-order valence-corrected chi connectivity index (χ4v) is 3.97. The van der Waals surface area contributed by atoms with Crippen LogP contribution in [0.3, 0.4) is 0 Å². The van der Waals surface area contributed by atoms with Crippen LogP contribution in [0.1, 0.15) is 12.5 Å². The Kier molecular flexibility index (Phi) is 7.02. The van der Waals surface area contributed by atoms with Crippen molar-refractivity contribution in [3.63, 3.8) is 0 Å². The van der Waals surface area contributed by atoms with Crippen molar-refractivity contribution in [2.45, 2.75) is 13.1 Å². The summed E-state index contributed by atoms with van der Waals surface area (Å²) in [6, 6.07) is 9.16. The number of H-pyrrole nitrogens is 1. The Morgan fingerprint density at radius 2 is 1.86 bits per heavy atom. The molecule has 4 N–H and O–H groups in total. The maximum Gasteiger partial charge on any atom is 0.419 e. The summed E-state index contributed by atoms with van der Waals surface area (Å²) < 4.78 is 54.9. The van der Waals surface area contributed by atoms with E-state index in [0.717, 1.165) is 31.5 Å². The Balaban J connectivity index is 1.67. The van der Waals surface area contributed by atoms with Gasteiger partial charge in [-0.1, -0.05) is 0 Å². The minimum absolute atomic E-state index is 0.0263. The third-order valence-corrected chi connectivity index (χ3v) is 5.82.